The van der Waals surface area contributed by atoms with Crippen LogP contribution in [-0.4, -0.2) is 13.2 Å². The molecule has 17 heavy (non-hydrogen) atoms. The molecule has 96 valence electrons. The molecule has 0 unspecified atom stereocenters. The van der Waals surface area contributed by atoms with Crippen LogP contribution in [0.5, 0.6) is 5.75 Å². The highest BCUT2D eigenvalue weighted by atomic mass is 35.5. The van der Waals surface area contributed by atoms with E-state index >= 15 is 0 Å². The summed E-state index contributed by atoms with van der Waals surface area (Å²) in [5.41, 5.74) is 1.01. The molecule has 2 nitrogen and oxygen atoms in total. The SMILES string of the molecule is CCCCOc1c(Cl)cc(Cl)cc1CNCC. The van der Waals surface area contributed by atoms with Crippen LogP contribution in [0.15, 0.2) is 12.1 Å². The topological polar surface area (TPSA) is 21.3 Å². The first-order valence-electron chi connectivity index (χ1n) is 6.00. The van der Waals surface area contributed by atoms with Gasteiger partial charge in [0.25, 0.3) is 0 Å². The van der Waals surface area contributed by atoms with E-state index in [2.05, 4.69) is 19.2 Å². The quantitative estimate of drug-likeness (QED) is 0.750. The summed E-state index contributed by atoms with van der Waals surface area (Å²) in [4.78, 5) is 0. The second-order valence-electron chi connectivity index (χ2n) is 3.86. The highest BCUT2D eigenvalue weighted by molar-refractivity contribution is 6.35. The maximum absolute atomic E-state index is 6.16. The van der Waals surface area contributed by atoms with Crippen molar-refractivity contribution in [2.75, 3.05) is 13.2 Å². The second kappa shape index (κ2) is 7.80. The number of halogens is 2. The molecule has 0 bridgehead atoms. The van der Waals surface area contributed by atoms with E-state index in [0.717, 1.165) is 37.2 Å². The summed E-state index contributed by atoms with van der Waals surface area (Å²) in [6.07, 6.45) is 2.13. The van der Waals surface area contributed by atoms with E-state index in [-0.39, 0.29) is 0 Å². The fraction of sp³-hybridized carbons (Fsp3) is 0.538. The van der Waals surface area contributed by atoms with Gasteiger partial charge in [0.2, 0.25) is 0 Å². The molecule has 0 aliphatic heterocycles. The van der Waals surface area contributed by atoms with Crippen LogP contribution in [0.25, 0.3) is 0 Å². The van der Waals surface area contributed by atoms with Crippen LogP contribution in [0.3, 0.4) is 0 Å². The summed E-state index contributed by atoms with van der Waals surface area (Å²) < 4.78 is 5.73. The van der Waals surface area contributed by atoms with E-state index < -0.39 is 0 Å². The van der Waals surface area contributed by atoms with Crippen molar-refractivity contribution in [3.8, 4) is 5.75 Å². The summed E-state index contributed by atoms with van der Waals surface area (Å²) >= 11 is 12.1. The lowest BCUT2D eigenvalue weighted by Crippen LogP contribution is -2.13. The molecule has 1 aromatic rings. The Hall–Kier alpha value is -0.440. The monoisotopic (exact) mass is 275 g/mol. The minimum Gasteiger partial charge on any atom is -0.492 e. The molecular formula is C13H19Cl2NO. The lowest BCUT2D eigenvalue weighted by molar-refractivity contribution is 0.306. The molecule has 0 amide bonds. The van der Waals surface area contributed by atoms with Gasteiger partial charge in [0, 0.05) is 17.1 Å². The first-order valence-corrected chi connectivity index (χ1v) is 6.76. The van der Waals surface area contributed by atoms with E-state index in [1.54, 1.807) is 6.07 Å². The molecule has 0 saturated heterocycles. The Bertz CT molecular complexity index is 356. The van der Waals surface area contributed by atoms with Gasteiger partial charge in [-0.15, -0.1) is 0 Å². The number of unbranched alkanes of at least 4 members (excludes halogenated alkanes) is 1. The zero-order valence-corrected chi connectivity index (χ0v) is 11.9. The molecule has 1 N–H and O–H groups in total. The van der Waals surface area contributed by atoms with Crippen LogP contribution in [0.4, 0.5) is 0 Å². The van der Waals surface area contributed by atoms with Crippen LogP contribution in [0, 0.1) is 0 Å². The van der Waals surface area contributed by atoms with Crippen LogP contribution >= 0.6 is 23.2 Å². The average Bonchev–Trinajstić information content (AvgIpc) is 2.29. The summed E-state index contributed by atoms with van der Waals surface area (Å²) in [7, 11) is 0. The molecule has 0 aromatic heterocycles. The van der Waals surface area contributed by atoms with E-state index in [4.69, 9.17) is 27.9 Å². The minimum atomic E-state index is 0.585. The van der Waals surface area contributed by atoms with Gasteiger partial charge in [-0.05, 0) is 25.1 Å². The standard InChI is InChI=1S/C13H19Cl2NO/c1-3-5-6-17-13-10(9-16-4-2)7-11(14)8-12(13)15/h7-8,16H,3-6,9H2,1-2H3. The number of benzene rings is 1. The van der Waals surface area contributed by atoms with Crippen molar-refractivity contribution in [3.63, 3.8) is 0 Å². The van der Waals surface area contributed by atoms with Gasteiger partial charge in [-0.2, -0.15) is 0 Å². The summed E-state index contributed by atoms with van der Waals surface area (Å²) in [6, 6.07) is 3.62. The molecule has 0 saturated carbocycles. The van der Waals surface area contributed by atoms with E-state index in [9.17, 15) is 0 Å². The van der Waals surface area contributed by atoms with Gasteiger partial charge in [-0.3, -0.25) is 0 Å². The Balaban J connectivity index is 2.82. The van der Waals surface area contributed by atoms with E-state index in [0.29, 0.717) is 16.7 Å². The van der Waals surface area contributed by atoms with Gasteiger partial charge in [-0.25, -0.2) is 0 Å². The highest BCUT2D eigenvalue weighted by Crippen LogP contribution is 2.32. The number of nitrogens with one attached hydrogen (secondary N) is 1. The second-order valence-corrected chi connectivity index (χ2v) is 4.70. The summed E-state index contributed by atoms with van der Waals surface area (Å²) in [5, 5.41) is 4.48. The van der Waals surface area contributed by atoms with Crippen LogP contribution in [-0.2, 0) is 6.54 Å². The van der Waals surface area contributed by atoms with Crippen LogP contribution < -0.4 is 10.1 Å². The Morgan fingerprint density at radius 1 is 1.24 bits per heavy atom. The normalized spacial score (nSPS) is 10.6. The van der Waals surface area contributed by atoms with Gasteiger partial charge in [0.15, 0.2) is 0 Å². The molecule has 4 heteroatoms. The number of hydrogen-bond donors (Lipinski definition) is 1. The molecule has 1 aromatic carbocycles. The minimum absolute atomic E-state index is 0.585. The van der Waals surface area contributed by atoms with Gasteiger partial charge in [0.1, 0.15) is 5.75 Å². The van der Waals surface area contributed by atoms with Gasteiger partial charge >= 0.3 is 0 Å². The molecule has 0 spiro atoms. The predicted octanol–water partition coefficient (Wildman–Crippen LogP) is 4.28. The van der Waals surface area contributed by atoms with Crippen molar-refractivity contribution >= 4 is 23.2 Å². The Labute approximate surface area is 113 Å². The largest absolute Gasteiger partial charge is 0.492 e. The summed E-state index contributed by atoms with van der Waals surface area (Å²) in [6.45, 7) is 6.50. The summed E-state index contributed by atoms with van der Waals surface area (Å²) in [5.74, 6) is 0.755. The lowest BCUT2D eigenvalue weighted by Gasteiger charge is -2.14. The zero-order chi connectivity index (χ0) is 12.7. The van der Waals surface area contributed by atoms with Crippen molar-refractivity contribution in [3.05, 3.63) is 27.7 Å². The van der Waals surface area contributed by atoms with E-state index in [1.165, 1.54) is 0 Å². The smallest absolute Gasteiger partial charge is 0.142 e. The maximum Gasteiger partial charge on any atom is 0.142 e. The van der Waals surface area contributed by atoms with Crippen molar-refractivity contribution < 1.29 is 4.74 Å². The number of ether oxygens (including phenoxy) is 1. The Morgan fingerprint density at radius 2 is 2.00 bits per heavy atom. The Morgan fingerprint density at radius 3 is 2.65 bits per heavy atom. The fourth-order valence-electron chi connectivity index (χ4n) is 1.48. The molecule has 0 heterocycles. The van der Waals surface area contributed by atoms with Crippen molar-refractivity contribution in [1.29, 1.82) is 0 Å². The third-order valence-corrected chi connectivity index (χ3v) is 2.89. The third-order valence-electron chi connectivity index (χ3n) is 2.40. The van der Waals surface area contributed by atoms with Gasteiger partial charge < -0.3 is 10.1 Å². The van der Waals surface area contributed by atoms with Crippen LogP contribution in [0.2, 0.25) is 10.0 Å². The zero-order valence-electron chi connectivity index (χ0n) is 10.4. The molecule has 0 fully saturated rings. The molecular weight excluding hydrogens is 257 g/mol. The predicted molar refractivity (Wildman–Crippen MR) is 74.2 cm³/mol. The third kappa shape index (κ3) is 4.74. The molecule has 0 aliphatic carbocycles. The lowest BCUT2D eigenvalue weighted by atomic mass is 10.2. The average molecular weight is 276 g/mol. The van der Waals surface area contributed by atoms with Crippen molar-refractivity contribution in [1.82, 2.24) is 5.32 Å². The first-order chi connectivity index (χ1) is 8.19. The van der Waals surface area contributed by atoms with Crippen LogP contribution in [0.1, 0.15) is 32.3 Å². The number of hydrogen-bond acceptors (Lipinski definition) is 2. The van der Waals surface area contributed by atoms with Gasteiger partial charge in [0.05, 0.1) is 11.6 Å². The number of rotatable bonds is 7. The fourth-order valence-corrected chi connectivity index (χ4v) is 2.07. The molecule has 0 atom stereocenters. The molecule has 0 aliphatic rings. The van der Waals surface area contributed by atoms with Gasteiger partial charge in [-0.1, -0.05) is 43.5 Å². The van der Waals surface area contributed by atoms with Crippen molar-refractivity contribution in [2.24, 2.45) is 0 Å². The Kier molecular flexibility index (Phi) is 6.71. The van der Waals surface area contributed by atoms with E-state index in [1.807, 2.05) is 6.07 Å². The highest BCUT2D eigenvalue weighted by Gasteiger charge is 2.10. The van der Waals surface area contributed by atoms with Crippen molar-refractivity contribution in [2.45, 2.75) is 33.2 Å². The first kappa shape index (κ1) is 14.6. The maximum atomic E-state index is 6.16. The molecule has 1 rings (SSSR count). The molecule has 0 radical (unpaired) electrons.